The van der Waals surface area contributed by atoms with Crippen LogP contribution >= 0.6 is 27.5 Å². The average molecular weight is 782 g/mol. The molecule has 0 radical (unpaired) electrons. The first kappa shape index (κ1) is 41.7. The van der Waals surface area contributed by atoms with Crippen molar-refractivity contribution < 1.29 is 36.5 Å². The van der Waals surface area contributed by atoms with Crippen LogP contribution in [0.5, 0.6) is 0 Å². The minimum Gasteiger partial charge on any atom is -0.490 e. The van der Waals surface area contributed by atoms with Gasteiger partial charge in [-0.05, 0) is 68.6 Å². The lowest BCUT2D eigenvalue weighted by molar-refractivity contribution is -0.151. The summed E-state index contributed by atoms with van der Waals surface area (Å²) >= 11 is 9.26. The van der Waals surface area contributed by atoms with Gasteiger partial charge in [0.05, 0.1) is 18.1 Å². The van der Waals surface area contributed by atoms with Crippen molar-refractivity contribution in [3.05, 3.63) is 99.9 Å². The van der Waals surface area contributed by atoms with E-state index in [0.717, 1.165) is 10.0 Å². The minimum absolute atomic E-state index is 0.0158. The molecule has 1 aliphatic heterocycles. The van der Waals surface area contributed by atoms with E-state index in [1.807, 2.05) is 46.8 Å². The molecule has 268 valence electrons. The Morgan fingerprint density at radius 1 is 1.12 bits per heavy atom. The van der Waals surface area contributed by atoms with E-state index < -0.39 is 45.5 Å². The van der Waals surface area contributed by atoms with Crippen LogP contribution < -0.4 is 10.6 Å². The summed E-state index contributed by atoms with van der Waals surface area (Å²) in [6.45, 7) is 11.0. The van der Waals surface area contributed by atoms with Gasteiger partial charge in [0.25, 0.3) is 10.1 Å². The second-order valence-corrected chi connectivity index (χ2v) is 15.6. The smallest absolute Gasteiger partial charge is 0.373 e. The number of allylic oxidation sites excluding steroid dienone is 5. The van der Waals surface area contributed by atoms with Gasteiger partial charge in [-0.15, -0.1) is 0 Å². The Morgan fingerprint density at radius 3 is 2.37 bits per heavy atom. The number of esters is 1. The van der Waals surface area contributed by atoms with Crippen LogP contribution in [0.4, 0.5) is 0 Å². The molecule has 0 unspecified atom stereocenters. The second-order valence-electron chi connectivity index (χ2n) is 12.5. The highest BCUT2D eigenvalue weighted by atomic mass is 79.9. The van der Waals surface area contributed by atoms with Crippen LogP contribution in [-0.2, 0) is 38.2 Å². The maximum Gasteiger partial charge on any atom is 0.373 e. The fraction of sp³-hybridized carbons (Fsp3) is 0.417. The molecule has 0 bridgehead atoms. The largest absolute Gasteiger partial charge is 0.490 e. The normalized spacial score (nSPS) is 18.3. The molecule has 1 aromatic rings. The van der Waals surface area contributed by atoms with Crippen LogP contribution in [-0.4, -0.2) is 51.6 Å². The molecule has 0 aromatic heterocycles. The summed E-state index contributed by atoms with van der Waals surface area (Å²) in [7, 11) is -2.62. The molecule has 2 rings (SSSR count). The number of ether oxygens (including phenoxy) is 2. The standard InChI is InChI=1S/C36H46BrClN2O8S/c1-24(23-25(2)30-20-21-31(46-7)35(43)47-30)11-8-9-13-32(41)40-33(36(4,5)6)34(42)39-22-10-12-28(17-14-26(3)38)48-49(44,45)29-18-15-27(37)16-19-29/h8-11,13-16,18-19,21-23,25,28,30,33H,12,17,20H2,1-7H3,(H,39,42)(H,40,41)/b11-8-,13-9+,22-10-,24-23+,26-14+/t25-,28+,30-,33+/m0/s1. The Bertz CT molecular complexity index is 1600. The number of carbonyl (C=O) groups is 3. The Labute approximate surface area is 303 Å². The molecule has 13 heteroatoms. The number of carbonyl (C=O) groups excluding carboxylic acids is 3. The van der Waals surface area contributed by atoms with E-state index in [1.165, 1.54) is 31.5 Å². The van der Waals surface area contributed by atoms with Gasteiger partial charge < -0.3 is 20.1 Å². The molecule has 2 N–H and O–H groups in total. The number of nitrogens with one attached hydrogen (secondary N) is 2. The van der Waals surface area contributed by atoms with Gasteiger partial charge in [0.15, 0.2) is 5.76 Å². The van der Waals surface area contributed by atoms with E-state index in [-0.39, 0.29) is 35.5 Å². The minimum atomic E-state index is -4.05. The Kier molecular flexibility index (Phi) is 16.7. The van der Waals surface area contributed by atoms with Gasteiger partial charge >= 0.3 is 5.97 Å². The first-order valence-electron chi connectivity index (χ1n) is 15.7. The molecule has 1 aromatic carbocycles. The van der Waals surface area contributed by atoms with E-state index in [2.05, 4.69) is 26.6 Å². The van der Waals surface area contributed by atoms with E-state index in [0.29, 0.717) is 11.5 Å². The molecule has 1 aliphatic rings. The monoisotopic (exact) mass is 780 g/mol. The number of methoxy groups -OCH3 is 1. The number of hydrogen-bond acceptors (Lipinski definition) is 8. The number of hydrogen-bond donors (Lipinski definition) is 2. The van der Waals surface area contributed by atoms with E-state index >= 15 is 0 Å². The zero-order chi connectivity index (χ0) is 36.8. The molecule has 0 saturated carbocycles. The number of rotatable bonds is 16. The van der Waals surface area contributed by atoms with Crippen LogP contribution in [0.15, 0.2) is 105 Å². The lowest BCUT2D eigenvalue weighted by Crippen LogP contribution is -2.52. The van der Waals surface area contributed by atoms with Crippen molar-refractivity contribution >= 4 is 55.4 Å². The van der Waals surface area contributed by atoms with Gasteiger partial charge in [0.2, 0.25) is 11.8 Å². The van der Waals surface area contributed by atoms with E-state index in [1.54, 1.807) is 49.4 Å². The highest BCUT2D eigenvalue weighted by Crippen LogP contribution is 2.24. The Morgan fingerprint density at radius 2 is 1.78 bits per heavy atom. The van der Waals surface area contributed by atoms with Crippen molar-refractivity contribution in [2.45, 2.75) is 84.0 Å². The molecule has 2 amide bonds. The quantitative estimate of drug-likeness (QED) is 0.0782. The predicted octanol–water partition coefficient (Wildman–Crippen LogP) is 7.15. The summed E-state index contributed by atoms with van der Waals surface area (Å²) in [6, 6.07) is 5.22. The molecule has 4 atom stereocenters. The summed E-state index contributed by atoms with van der Waals surface area (Å²) in [4.78, 5) is 37.8. The predicted molar refractivity (Wildman–Crippen MR) is 195 cm³/mol. The lowest BCUT2D eigenvalue weighted by Gasteiger charge is -2.29. The van der Waals surface area contributed by atoms with Gasteiger partial charge in [0.1, 0.15) is 12.1 Å². The van der Waals surface area contributed by atoms with Crippen LogP contribution in [0.3, 0.4) is 0 Å². The first-order valence-corrected chi connectivity index (χ1v) is 18.3. The summed E-state index contributed by atoms with van der Waals surface area (Å²) < 4.78 is 42.3. The van der Waals surface area contributed by atoms with E-state index in [9.17, 15) is 22.8 Å². The number of cyclic esters (lactones) is 1. The van der Waals surface area contributed by atoms with Crippen molar-refractivity contribution in [2.75, 3.05) is 7.11 Å². The zero-order valence-electron chi connectivity index (χ0n) is 28.9. The SMILES string of the molecule is COC1=CC[C@@H]([C@@H](C)/C=C(C)/C=C\C=C\C(=O)N[C@H](C(=O)N/C=C\C[C@H](C/C=C(\C)Cl)OS(=O)(=O)c2ccc(Br)cc2)C(C)(C)C)OC1=O. The molecule has 0 spiro atoms. The maximum atomic E-state index is 13.1. The summed E-state index contributed by atoms with van der Waals surface area (Å²) in [5.41, 5.74) is 0.294. The Hall–Kier alpha value is -3.45. The summed E-state index contributed by atoms with van der Waals surface area (Å²) in [5, 5.41) is 5.92. The molecule has 0 saturated heterocycles. The summed E-state index contributed by atoms with van der Waals surface area (Å²) in [6.07, 6.45) is 14.7. The molecular weight excluding hydrogens is 736 g/mol. The molecule has 0 fully saturated rings. The average Bonchev–Trinajstić information content (AvgIpc) is 3.02. The fourth-order valence-electron chi connectivity index (χ4n) is 4.58. The van der Waals surface area contributed by atoms with Crippen molar-refractivity contribution in [3.63, 3.8) is 0 Å². The van der Waals surface area contributed by atoms with Crippen LogP contribution in [0.1, 0.15) is 60.8 Å². The third-order valence-electron chi connectivity index (χ3n) is 7.23. The number of amides is 2. The van der Waals surface area contributed by atoms with Crippen molar-refractivity contribution in [1.29, 1.82) is 0 Å². The van der Waals surface area contributed by atoms with Crippen molar-refractivity contribution in [2.24, 2.45) is 11.3 Å². The highest BCUT2D eigenvalue weighted by Gasteiger charge is 2.32. The molecule has 0 aliphatic carbocycles. The number of halogens is 2. The van der Waals surface area contributed by atoms with Crippen molar-refractivity contribution in [3.8, 4) is 0 Å². The molecular formula is C36H46BrClN2O8S. The van der Waals surface area contributed by atoms with Gasteiger partial charge in [-0.25, -0.2) is 4.79 Å². The third-order valence-corrected chi connectivity index (χ3v) is 9.29. The van der Waals surface area contributed by atoms with Gasteiger partial charge in [0, 0.05) is 27.9 Å². The topological polar surface area (TPSA) is 137 Å². The summed E-state index contributed by atoms with van der Waals surface area (Å²) in [5.74, 6) is -1.20. The highest BCUT2D eigenvalue weighted by molar-refractivity contribution is 9.10. The third kappa shape index (κ3) is 14.9. The lowest BCUT2D eigenvalue weighted by atomic mass is 9.86. The first-order chi connectivity index (χ1) is 22.9. The van der Waals surface area contributed by atoms with Crippen LogP contribution in [0.2, 0.25) is 0 Å². The molecule has 1 heterocycles. The Balaban J connectivity index is 1.98. The van der Waals surface area contributed by atoms with Crippen LogP contribution in [0, 0.1) is 11.3 Å². The van der Waals surface area contributed by atoms with E-state index in [4.69, 9.17) is 25.3 Å². The van der Waals surface area contributed by atoms with Gasteiger partial charge in [-0.1, -0.05) is 97.3 Å². The zero-order valence-corrected chi connectivity index (χ0v) is 32.0. The second kappa shape index (κ2) is 19.7. The van der Waals surface area contributed by atoms with Gasteiger partial charge in [-0.3, -0.25) is 13.8 Å². The maximum absolute atomic E-state index is 13.1. The van der Waals surface area contributed by atoms with Crippen LogP contribution in [0.25, 0.3) is 0 Å². The van der Waals surface area contributed by atoms with Crippen molar-refractivity contribution in [1.82, 2.24) is 10.6 Å². The number of benzene rings is 1. The fourth-order valence-corrected chi connectivity index (χ4v) is 6.03. The molecule has 10 nitrogen and oxygen atoms in total. The molecule has 49 heavy (non-hydrogen) atoms. The van der Waals surface area contributed by atoms with Gasteiger partial charge in [-0.2, -0.15) is 8.42 Å².